The van der Waals surface area contributed by atoms with Gasteiger partial charge in [0.25, 0.3) is 5.56 Å². The van der Waals surface area contributed by atoms with Crippen LogP contribution in [0.5, 0.6) is 11.5 Å². The number of phenolic OH excluding ortho intramolecular Hbond substituents is 1. The standard InChI is InChI=1S/C16H20N2O3S/c1-4-5-12-11(15(20)18-16(17-12)22-3)8-10-6-7-13(19)14(9-10)21-2/h6-7,9,19H,4-5,8H2,1-3H3,(H,17,18,20). The minimum absolute atomic E-state index is 0.0878. The van der Waals surface area contributed by atoms with Gasteiger partial charge in [-0.25, -0.2) is 4.98 Å². The highest BCUT2D eigenvalue weighted by Gasteiger charge is 2.13. The number of aromatic hydroxyl groups is 1. The zero-order valence-corrected chi connectivity index (χ0v) is 13.8. The molecule has 2 rings (SSSR count). The van der Waals surface area contributed by atoms with E-state index in [0.717, 1.165) is 24.1 Å². The lowest BCUT2D eigenvalue weighted by Gasteiger charge is -2.10. The summed E-state index contributed by atoms with van der Waals surface area (Å²) in [5.74, 6) is 0.490. The van der Waals surface area contributed by atoms with Crippen molar-refractivity contribution in [2.45, 2.75) is 31.3 Å². The lowest BCUT2D eigenvalue weighted by molar-refractivity contribution is 0.373. The SMILES string of the molecule is CCCc1nc(SC)[nH]c(=O)c1Cc1ccc(O)c(OC)c1. The molecule has 1 aromatic carbocycles. The maximum atomic E-state index is 12.3. The van der Waals surface area contributed by atoms with Crippen molar-refractivity contribution in [3.63, 3.8) is 0 Å². The van der Waals surface area contributed by atoms with E-state index >= 15 is 0 Å². The molecule has 0 saturated heterocycles. The molecule has 22 heavy (non-hydrogen) atoms. The lowest BCUT2D eigenvalue weighted by atomic mass is 10.0. The Morgan fingerprint density at radius 1 is 1.41 bits per heavy atom. The number of benzene rings is 1. The molecule has 2 N–H and O–H groups in total. The molecule has 0 bridgehead atoms. The van der Waals surface area contributed by atoms with Crippen molar-refractivity contribution >= 4 is 11.8 Å². The van der Waals surface area contributed by atoms with Crippen LogP contribution in [-0.4, -0.2) is 28.4 Å². The number of H-pyrrole nitrogens is 1. The van der Waals surface area contributed by atoms with Gasteiger partial charge in [-0.15, -0.1) is 0 Å². The van der Waals surface area contributed by atoms with Gasteiger partial charge in [0.05, 0.1) is 12.8 Å². The molecule has 0 atom stereocenters. The highest BCUT2D eigenvalue weighted by atomic mass is 32.2. The minimum atomic E-state index is -0.102. The van der Waals surface area contributed by atoms with E-state index in [0.29, 0.717) is 22.9 Å². The molecule has 0 fully saturated rings. The molecule has 0 amide bonds. The Bertz CT molecular complexity index is 713. The van der Waals surface area contributed by atoms with Crippen molar-refractivity contribution in [3.8, 4) is 11.5 Å². The predicted octanol–water partition coefficient (Wildman–Crippen LogP) is 2.75. The van der Waals surface area contributed by atoms with Gasteiger partial charge in [0.1, 0.15) is 0 Å². The Balaban J connectivity index is 2.42. The predicted molar refractivity (Wildman–Crippen MR) is 88.1 cm³/mol. The maximum absolute atomic E-state index is 12.3. The van der Waals surface area contributed by atoms with Gasteiger partial charge in [-0.2, -0.15) is 0 Å². The summed E-state index contributed by atoms with van der Waals surface area (Å²) in [6, 6.07) is 5.11. The third kappa shape index (κ3) is 3.62. The molecule has 0 spiro atoms. The zero-order chi connectivity index (χ0) is 16.1. The van der Waals surface area contributed by atoms with E-state index in [9.17, 15) is 9.90 Å². The number of hydrogen-bond donors (Lipinski definition) is 2. The highest BCUT2D eigenvalue weighted by molar-refractivity contribution is 7.98. The molecule has 0 unspecified atom stereocenters. The molecule has 0 aliphatic carbocycles. The number of nitrogens with zero attached hydrogens (tertiary/aromatic N) is 1. The van der Waals surface area contributed by atoms with Gasteiger partial charge in [0.15, 0.2) is 16.7 Å². The van der Waals surface area contributed by atoms with Crippen molar-refractivity contribution in [1.82, 2.24) is 9.97 Å². The quantitative estimate of drug-likeness (QED) is 0.632. The first-order valence-corrected chi connectivity index (χ1v) is 8.33. The van der Waals surface area contributed by atoms with Crippen LogP contribution in [0.2, 0.25) is 0 Å². The average Bonchev–Trinajstić information content (AvgIpc) is 2.52. The zero-order valence-electron chi connectivity index (χ0n) is 13.0. The van der Waals surface area contributed by atoms with E-state index < -0.39 is 0 Å². The first-order chi connectivity index (χ1) is 10.6. The fourth-order valence-electron chi connectivity index (χ4n) is 2.28. The van der Waals surface area contributed by atoms with Crippen molar-refractivity contribution in [1.29, 1.82) is 0 Å². The van der Waals surface area contributed by atoms with Gasteiger partial charge in [-0.1, -0.05) is 31.2 Å². The Morgan fingerprint density at radius 3 is 2.82 bits per heavy atom. The summed E-state index contributed by atoms with van der Waals surface area (Å²) in [6.07, 6.45) is 4.04. The molecule has 1 heterocycles. The second-order valence-electron chi connectivity index (χ2n) is 4.93. The van der Waals surface area contributed by atoms with Crippen molar-refractivity contribution in [2.24, 2.45) is 0 Å². The summed E-state index contributed by atoms with van der Waals surface area (Å²) in [7, 11) is 1.50. The highest BCUT2D eigenvalue weighted by Crippen LogP contribution is 2.27. The molecule has 5 nitrogen and oxygen atoms in total. The second-order valence-corrected chi connectivity index (χ2v) is 5.73. The second kappa shape index (κ2) is 7.35. The number of phenols is 1. The number of thioether (sulfide) groups is 1. The first kappa shape index (κ1) is 16.4. The smallest absolute Gasteiger partial charge is 0.255 e. The van der Waals surface area contributed by atoms with Crippen molar-refractivity contribution in [2.75, 3.05) is 13.4 Å². The Labute approximate surface area is 133 Å². The molecule has 0 aliphatic heterocycles. The van der Waals surface area contributed by atoms with E-state index in [4.69, 9.17) is 4.74 Å². The van der Waals surface area contributed by atoms with Gasteiger partial charge in [0.2, 0.25) is 0 Å². The van der Waals surface area contributed by atoms with Crippen LogP contribution in [0.1, 0.15) is 30.2 Å². The fraction of sp³-hybridized carbons (Fsp3) is 0.375. The molecule has 118 valence electrons. The van der Waals surface area contributed by atoms with Gasteiger partial charge in [-0.05, 0) is 30.4 Å². The number of aryl methyl sites for hydroxylation is 1. The van der Waals surface area contributed by atoms with E-state index in [-0.39, 0.29) is 11.3 Å². The van der Waals surface area contributed by atoms with E-state index in [1.807, 2.05) is 6.26 Å². The number of rotatable bonds is 6. The molecule has 0 radical (unpaired) electrons. The fourth-order valence-corrected chi connectivity index (χ4v) is 2.68. The normalized spacial score (nSPS) is 10.7. The summed E-state index contributed by atoms with van der Waals surface area (Å²) in [5, 5.41) is 10.3. The summed E-state index contributed by atoms with van der Waals surface area (Å²) in [5.41, 5.74) is 2.31. The van der Waals surface area contributed by atoms with Gasteiger partial charge in [0, 0.05) is 12.0 Å². The van der Waals surface area contributed by atoms with Gasteiger partial charge < -0.3 is 14.8 Å². The Morgan fingerprint density at radius 2 is 2.18 bits per heavy atom. The van der Waals surface area contributed by atoms with Crippen molar-refractivity contribution in [3.05, 3.63) is 45.4 Å². The molecule has 6 heteroatoms. The van der Waals surface area contributed by atoms with E-state index in [1.54, 1.807) is 18.2 Å². The molecule has 0 saturated carbocycles. The van der Waals surface area contributed by atoms with Crippen LogP contribution >= 0.6 is 11.8 Å². The monoisotopic (exact) mass is 320 g/mol. The lowest BCUT2D eigenvalue weighted by Crippen LogP contribution is -2.19. The van der Waals surface area contributed by atoms with E-state index in [1.165, 1.54) is 18.9 Å². The average molecular weight is 320 g/mol. The first-order valence-electron chi connectivity index (χ1n) is 7.11. The van der Waals surface area contributed by atoms with Crippen LogP contribution < -0.4 is 10.3 Å². The van der Waals surface area contributed by atoms with Crippen LogP contribution in [0.15, 0.2) is 28.2 Å². The van der Waals surface area contributed by atoms with Gasteiger partial charge in [-0.3, -0.25) is 4.79 Å². The van der Waals surface area contributed by atoms with Crippen LogP contribution in [-0.2, 0) is 12.8 Å². The number of methoxy groups -OCH3 is 1. The van der Waals surface area contributed by atoms with E-state index in [2.05, 4.69) is 16.9 Å². The topological polar surface area (TPSA) is 75.2 Å². The minimum Gasteiger partial charge on any atom is -0.504 e. The molecule has 0 aliphatic rings. The molecule has 2 aromatic rings. The van der Waals surface area contributed by atoms with Crippen LogP contribution in [0.3, 0.4) is 0 Å². The van der Waals surface area contributed by atoms with Crippen LogP contribution in [0.4, 0.5) is 0 Å². The summed E-state index contributed by atoms with van der Waals surface area (Å²) in [4.78, 5) is 19.7. The van der Waals surface area contributed by atoms with Crippen LogP contribution in [0.25, 0.3) is 0 Å². The third-order valence-corrected chi connectivity index (χ3v) is 3.96. The third-order valence-electron chi connectivity index (χ3n) is 3.38. The number of hydrogen-bond acceptors (Lipinski definition) is 5. The maximum Gasteiger partial charge on any atom is 0.255 e. The Hall–Kier alpha value is -1.95. The van der Waals surface area contributed by atoms with Crippen LogP contribution in [0, 0.1) is 0 Å². The molecule has 1 aromatic heterocycles. The summed E-state index contributed by atoms with van der Waals surface area (Å²) in [6.45, 7) is 2.06. The van der Waals surface area contributed by atoms with Crippen molar-refractivity contribution < 1.29 is 9.84 Å². The molecular formula is C16H20N2O3S. The summed E-state index contributed by atoms with van der Waals surface area (Å²) >= 11 is 1.43. The number of aromatic amines is 1. The van der Waals surface area contributed by atoms with Gasteiger partial charge >= 0.3 is 0 Å². The Kier molecular flexibility index (Phi) is 5.49. The number of aromatic nitrogens is 2. The molecular weight excluding hydrogens is 300 g/mol. The largest absolute Gasteiger partial charge is 0.504 e. The summed E-state index contributed by atoms with van der Waals surface area (Å²) < 4.78 is 5.11. The number of ether oxygens (including phenoxy) is 1. The number of nitrogens with one attached hydrogen (secondary N) is 1.